The number of hydrogen-bond donors (Lipinski definition) is 2. The molecule has 1 fully saturated rings. The van der Waals surface area contributed by atoms with E-state index in [0.29, 0.717) is 19.6 Å². The van der Waals surface area contributed by atoms with E-state index >= 15 is 0 Å². The molecule has 30 heavy (non-hydrogen) atoms. The number of nitrogens with one attached hydrogen (secondary N) is 1. The zero-order valence-corrected chi connectivity index (χ0v) is 17.4. The standard InChI is InChI=1S/C16H23N3O3S.C2HF3O2/c1-3-22-16(21)6-9-19-8-5-14(18-19)10-13-11-17-7-4-15(13)23-12(2)20;3-2(4,5)1(6)7/h5,8,10,15,17H,3-4,6-7,9,11H2,1-2H3;(H,6,7). The minimum absolute atomic E-state index is 0.141. The highest BCUT2D eigenvalue weighted by Crippen LogP contribution is 2.26. The molecule has 1 unspecified atom stereocenters. The van der Waals surface area contributed by atoms with E-state index in [2.05, 4.69) is 10.4 Å². The number of halogens is 3. The van der Waals surface area contributed by atoms with Gasteiger partial charge in [0.2, 0.25) is 0 Å². The lowest BCUT2D eigenvalue weighted by Crippen LogP contribution is -2.32. The van der Waals surface area contributed by atoms with E-state index in [1.54, 1.807) is 18.5 Å². The lowest BCUT2D eigenvalue weighted by atomic mass is 10.0. The summed E-state index contributed by atoms with van der Waals surface area (Å²) in [5.74, 6) is -2.97. The average Bonchev–Trinajstić information content (AvgIpc) is 3.09. The summed E-state index contributed by atoms with van der Waals surface area (Å²) in [5, 5.41) is 15.3. The smallest absolute Gasteiger partial charge is 0.475 e. The zero-order chi connectivity index (χ0) is 22.7. The Morgan fingerprint density at radius 2 is 2.10 bits per heavy atom. The van der Waals surface area contributed by atoms with E-state index in [1.165, 1.54) is 17.3 Å². The number of alkyl halides is 3. The zero-order valence-electron chi connectivity index (χ0n) is 16.6. The number of carbonyl (C=O) groups excluding carboxylic acids is 2. The van der Waals surface area contributed by atoms with Crippen molar-refractivity contribution in [1.82, 2.24) is 15.1 Å². The Morgan fingerprint density at radius 3 is 2.67 bits per heavy atom. The van der Waals surface area contributed by atoms with Gasteiger partial charge in [-0.15, -0.1) is 0 Å². The van der Waals surface area contributed by atoms with Gasteiger partial charge in [-0.05, 0) is 37.6 Å². The number of thioether (sulfide) groups is 1. The van der Waals surface area contributed by atoms with Crippen molar-refractivity contribution < 1.29 is 37.4 Å². The van der Waals surface area contributed by atoms with Crippen molar-refractivity contribution >= 4 is 34.9 Å². The molecule has 8 nitrogen and oxygen atoms in total. The number of carboxylic acids is 1. The number of carbonyl (C=O) groups is 3. The van der Waals surface area contributed by atoms with Crippen LogP contribution in [0.25, 0.3) is 6.08 Å². The van der Waals surface area contributed by atoms with Gasteiger partial charge in [-0.1, -0.05) is 11.8 Å². The van der Waals surface area contributed by atoms with E-state index < -0.39 is 12.1 Å². The second-order valence-electron chi connectivity index (χ2n) is 6.14. The molecule has 1 aliphatic heterocycles. The minimum atomic E-state index is -5.08. The van der Waals surface area contributed by atoms with E-state index in [1.807, 2.05) is 18.3 Å². The summed E-state index contributed by atoms with van der Waals surface area (Å²) >= 11 is 1.39. The summed E-state index contributed by atoms with van der Waals surface area (Å²) in [5.41, 5.74) is 2.04. The Labute approximate surface area is 175 Å². The number of aryl methyl sites for hydroxylation is 1. The summed E-state index contributed by atoms with van der Waals surface area (Å²) in [6, 6.07) is 1.92. The number of ether oxygens (including phenoxy) is 1. The molecule has 0 aromatic carbocycles. The molecule has 2 N–H and O–H groups in total. The third-order valence-electron chi connectivity index (χ3n) is 3.72. The van der Waals surface area contributed by atoms with E-state index in [9.17, 15) is 22.8 Å². The summed E-state index contributed by atoms with van der Waals surface area (Å²) in [4.78, 5) is 31.6. The minimum Gasteiger partial charge on any atom is -0.475 e. The van der Waals surface area contributed by atoms with Gasteiger partial charge in [0, 0.05) is 24.9 Å². The molecule has 0 amide bonds. The van der Waals surface area contributed by atoms with Gasteiger partial charge in [-0.3, -0.25) is 14.3 Å². The quantitative estimate of drug-likeness (QED) is 0.635. The second kappa shape index (κ2) is 12.4. The van der Waals surface area contributed by atoms with Crippen LogP contribution >= 0.6 is 11.8 Å². The molecule has 0 spiro atoms. The van der Waals surface area contributed by atoms with E-state index in [4.69, 9.17) is 14.6 Å². The summed E-state index contributed by atoms with van der Waals surface area (Å²) in [6.07, 6.45) is 0.0676. The molecule has 2 heterocycles. The van der Waals surface area contributed by atoms with E-state index in [0.717, 1.165) is 25.2 Å². The highest BCUT2D eigenvalue weighted by atomic mass is 32.2. The number of carboxylic acid groups (broad SMARTS) is 1. The summed E-state index contributed by atoms with van der Waals surface area (Å²) in [6.45, 7) is 6.01. The lowest BCUT2D eigenvalue weighted by Gasteiger charge is -2.24. The Morgan fingerprint density at radius 1 is 1.43 bits per heavy atom. The van der Waals surface area contributed by atoms with Crippen molar-refractivity contribution in [3.05, 3.63) is 23.5 Å². The Balaban J connectivity index is 0.000000553. The Hall–Kier alpha value is -2.34. The molecule has 0 aliphatic carbocycles. The van der Waals surface area contributed by atoms with Gasteiger partial charge in [-0.2, -0.15) is 18.3 Å². The van der Waals surface area contributed by atoms with Crippen LogP contribution in [0.5, 0.6) is 0 Å². The molecular weight excluding hydrogens is 427 g/mol. The fraction of sp³-hybridized carbons (Fsp3) is 0.556. The summed E-state index contributed by atoms with van der Waals surface area (Å²) < 4.78 is 38.4. The molecular formula is C18H24F3N3O5S. The van der Waals surface area contributed by atoms with Crippen LogP contribution in [-0.2, 0) is 25.7 Å². The van der Waals surface area contributed by atoms with Gasteiger partial charge in [0.25, 0.3) is 0 Å². The van der Waals surface area contributed by atoms with Crippen LogP contribution in [0.3, 0.4) is 0 Å². The number of nitrogens with zero attached hydrogens (tertiary/aromatic N) is 2. The van der Waals surface area contributed by atoms with Gasteiger partial charge in [0.1, 0.15) is 0 Å². The largest absolute Gasteiger partial charge is 0.490 e. The van der Waals surface area contributed by atoms with Gasteiger partial charge >= 0.3 is 18.1 Å². The number of rotatable bonds is 6. The van der Waals surface area contributed by atoms with Gasteiger partial charge < -0.3 is 15.2 Å². The first kappa shape index (κ1) is 25.7. The molecule has 12 heteroatoms. The molecule has 168 valence electrons. The predicted molar refractivity (Wildman–Crippen MR) is 105 cm³/mol. The predicted octanol–water partition coefficient (Wildman–Crippen LogP) is 2.49. The first-order valence-electron chi connectivity index (χ1n) is 9.10. The normalized spacial score (nSPS) is 17.8. The molecule has 0 saturated carbocycles. The number of aromatic nitrogens is 2. The van der Waals surface area contributed by atoms with Gasteiger partial charge in [0.05, 0.1) is 25.3 Å². The van der Waals surface area contributed by atoms with Crippen molar-refractivity contribution in [2.75, 3.05) is 19.7 Å². The lowest BCUT2D eigenvalue weighted by molar-refractivity contribution is -0.192. The fourth-order valence-electron chi connectivity index (χ4n) is 2.45. The van der Waals surface area contributed by atoms with Crippen LogP contribution in [0.2, 0.25) is 0 Å². The molecule has 1 saturated heterocycles. The van der Waals surface area contributed by atoms with Crippen molar-refractivity contribution in [2.45, 2.75) is 44.7 Å². The van der Waals surface area contributed by atoms with Gasteiger partial charge in [0.15, 0.2) is 5.12 Å². The number of piperidine rings is 1. The van der Waals surface area contributed by atoms with Crippen LogP contribution in [0.1, 0.15) is 32.4 Å². The van der Waals surface area contributed by atoms with Crippen LogP contribution in [0, 0.1) is 0 Å². The fourth-order valence-corrected chi connectivity index (χ4v) is 3.39. The van der Waals surface area contributed by atoms with Gasteiger partial charge in [-0.25, -0.2) is 4.79 Å². The Bertz CT molecular complexity index is 764. The number of hydrogen-bond acceptors (Lipinski definition) is 7. The van der Waals surface area contributed by atoms with Crippen LogP contribution < -0.4 is 5.32 Å². The Kier molecular flexibility index (Phi) is 10.6. The van der Waals surface area contributed by atoms with Crippen LogP contribution in [-0.4, -0.2) is 63.1 Å². The van der Waals surface area contributed by atoms with E-state index in [-0.39, 0.29) is 16.3 Å². The molecule has 2 rings (SSSR count). The molecule has 1 atom stereocenters. The number of esters is 1. The van der Waals surface area contributed by atoms with Crippen molar-refractivity contribution in [1.29, 1.82) is 0 Å². The SMILES string of the molecule is CCOC(=O)CCn1ccc(C=C2CNCCC2SC(C)=O)n1.O=C(O)C(F)(F)F. The third kappa shape index (κ3) is 9.92. The third-order valence-corrected chi connectivity index (χ3v) is 4.88. The molecule has 1 aromatic heterocycles. The van der Waals surface area contributed by atoms with Crippen LogP contribution in [0.4, 0.5) is 13.2 Å². The first-order valence-corrected chi connectivity index (χ1v) is 9.98. The van der Waals surface area contributed by atoms with Crippen molar-refractivity contribution in [3.8, 4) is 0 Å². The average molecular weight is 451 g/mol. The maximum Gasteiger partial charge on any atom is 0.490 e. The first-order chi connectivity index (χ1) is 14.0. The molecule has 0 bridgehead atoms. The molecule has 1 aliphatic rings. The molecule has 0 radical (unpaired) electrons. The van der Waals surface area contributed by atoms with Crippen molar-refractivity contribution in [3.63, 3.8) is 0 Å². The maximum absolute atomic E-state index is 11.4. The second-order valence-corrected chi connectivity index (χ2v) is 7.52. The molecule has 1 aromatic rings. The monoisotopic (exact) mass is 451 g/mol. The highest BCUT2D eigenvalue weighted by Gasteiger charge is 2.38. The summed E-state index contributed by atoms with van der Waals surface area (Å²) in [7, 11) is 0. The van der Waals surface area contributed by atoms with Crippen LogP contribution in [0.15, 0.2) is 17.8 Å². The number of aliphatic carboxylic acids is 1. The highest BCUT2D eigenvalue weighted by molar-refractivity contribution is 8.14. The maximum atomic E-state index is 11.4. The van der Waals surface area contributed by atoms with Crippen molar-refractivity contribution in [2.24, 2.45) is 0 Å². The topological polar surface area (TPSA) is 111 Å².